The highest BCUT2D eigenvalue weighted by atomic mass is 16.5. The van der Waals surface area contributed by atoms with Crippen molar-refractivity contribution in [3.05, 3.63) is 41.2 Å². The highest BCUT2D eigenvalue weighted by Crippen LogP contribution is 2.22. The number of aryl methyl sites for hydroxylation is 2. The summed E-state index contributed by atoms with van der Waals surface area (Å²) in [5.41, 5.74) is 4.25. The molecule has 0 bridgehead atoms. The van der Waals surface area contributed by atoms with Crippen molar-refractivity contribution in [2.75, 3.05) is 11.9 Å². The normalized spacial score (nSPS) is 10.4. The minimum absolute atomic E-state index is 0.302. The standard InChI is InChI=1S/C16H19N3O3/c1-10-5-7-14(8-6-10)19-12(3)16(11(2)18-19)17-15(21)9-22-13(4)20/h5-8H,9H2,1-4H3,(H,17,21). The van der Waals surface area contributed by atoms with Crippen LogP contribution in [0.4, 0.5) is 5.69 Å². The number of anilines is 1. The predicted octanol–water partition coefficient (Wildman–Crippen LogP) is 2.30. The van der Waals surface area contributed by atoms with Gasteiger partial charge in [-0.15, -0.1) is 0 Å². The third kappa shape index (κ3) is 3.52. The third-order valence-electron chi connectivity index (χ3n) is 3.24. The van der Waals surface area contributed by atoms with E-state index in [1.807, 2.05) is 45.0 Å². The number of benzene rings is 1. The van der Waals surface area contributed by atoms with E-state index in [0.717, 1.165) is 11.4 Å². The van der Waals surface area contributed by atoms with Gasteiger partial charge in [0.05, 0.1) is 22.8 Å². The number of hydrogen-bond acceptors (Lipinski definition) is 4. The van der Waals surface area contributed by atoms with Crippen molar-refractivity contribution < 1.29 is 14.3 Å². The van der Waals surface area contributed by atoms with Gasteiger partial charge in [-0.3, -0.25) is 9.59 Å². The molecule has 1 N–H and O–H groups in total. The van der Waals surface area contributed by atoms with Gasteiger partial charge in [-0.2, -0.15) is 5.10 Å². The van der Waals surface area contributed by atoms with Crippen LogP contribution in [0.1, 0.15) is 23.9 Å². The van der Waals surface area contributed by atoms with E-state index < -0.39 is 5.97 Å². The fourth-order valence-corrected chi connectivity index (χ4v) is 2.10. The molecule has 1 aromatic heterocycles. The van der Waals surface area contributed by atoms with Gasteiger partial charge in [-0.05, 0) is 32.9 Å². The molecular formula is C16H19N3O3. The SMILES string of the molecule is CC(=O)OCC(=O)Nc1c(C)nn(-c2ccc(C)cc2)c1C. The van der Waals surface area contributed by atoms with Crippen molar-refractivity contribution in [2.24, 2.45) is 0 Å². The van der Waals surface area contributed by atoms with Crippen molar-refractivity contribution in [2.45, 2.75) is 27.7 Å². The van der Waals surface area contributed by atoms with E-state index in [9.17, 15) is 9.59 Å². The lowest BCUT2D eigenvalue weighted by molar-refractivity contribution is -0.144. The summed E-state index contributed by atoms with van der Waals surface area (Å²) in [5, 5.41) is 7.19. The Labute approximate surface area is 129 Å². The van der Waals surface area contributed by atoms with Crippen LogP contribution in [0.2, 0.25) is 0 Å². The van der Waals surface area contributed by atoms with E-state index in [1.165, 1.54) is 12.5 Å². The number of nitrogens with one attached hydrogen (secondary N) is 1. The van der Waals surface area contributed by atoms with Gasteiger partial charge in [0.2, 0.25) is 0 Å². The molecule has 2 aromatic rings. The molecule has 0 spiro atoms. The Morgan fingerprint density at radius 2 is 1.82 bits per heavy atom. The van der Waals surface area contributed by atoms with Gasteiger partial charge in [0.25, 0.3) is 5.91 Å². The van der Waals surface area contributed by atoms with Crippen LogP contribution >= 0.6 is 0 Å². The maximum Gasteiger partial charge on any atom is 0.303 e. The molecule has 1 amide bonds. The monoisotopic (exact) mass is 301 g/mol. The minimum Gasteiger partial charge on any atom is -0.456 e. The molecule has 1 aromatic carbocycles. The van der Waals surface area contributed by atoms with Gasteiger partial charge in [0.1, 0.15) is 0 Å². The lowest BCUT2D eigenvalue weighted by Crippen LogP contribution is -2.20. The van der Waals surface area contributed by atoms with Crippen LogP contribution in [-0.2, 0) is 14.3 Å². The summed E-state index contributed by atoms with van der Waals surface area (Å²) >= 11 is 0. The number of carbonyl (C=O) groups is 2. The summed E-state index contributed by atoms with van der Waals surface area (Å²) in [4.78, 5) is 22.5. The second-order valence-electron chi connectivity index (χ2n) is 5.12. The van der Waals surface area contributed by atoms with Crippen molar-refractivity contribution in [1.29, 1.82) is 0 Å². The average Bonchev–Trinajstić information content (AvgIpc) is 2.74. The molecule has 116 valence electrons. The largest absolute Gasteiger partial charge is 0.456 e. The Morgan fingerprint density at radius 3 is 2.41 bits per heavy atom. The number of esters is 1. The Balaban J connectivity index is 2.22. The van der Waals surface area contributed by atoms with Crippen LogP contribution in [0.5, 0.6) is 0 Å². The van der Waals surface area contributed by atoms with Crippen molar-refractivity contribution >= 4 is 17.6 Å². The lowest BCUT2D eigenvalue weighted by atomic mass is 10.2. The number of carbonyl (C=O) groups excluding carboxylic acids is 2. The number of amides is 1. The second-order valence-corrected chi connectivity index (χ2v) is 5.12. The number of rotatable bonds is 4. The molecule has 6 nitrogen and oxygen atoms in total. The molecule has 0 aliphatic heterocycles. The summed E-state index contributed by atoms with van der Waals surface area (Å²) in [7, 11) is 0. The fourth-order valence-electron chi connectivity index (χ4n) is 2.10. The summed E-state index contributed by atoms with van der Waals surface area (Å²) in [5.74, 6) is -0.871. The number of ether oxygens (including phenoxy) is 1. The molecule has 0 atom stereocenters. The topological polar surface area (TPSA) is 73.2 Å². The molecule has 0 aliphatic carbocycles. The van der Waals surface area contributed by atoms with Gasteiger partial charge in [0.15, 0.2) is 6.61 Å². The molecule has 0 saturated heterocycles. The molecule has 0 aliphatic rings. The molecule has 0 unspecified atom stereocenters. The van der Waals surface area contributed by atoms with Crippen molar-refractivity contribution in [3.63, 3.8) is 0 Å². The maximum absolute atomic E-state index is 11.8. The molecule has 0 saturated carbocycles. The Kier molecular flexibility index (Phi) is 4.60. The molecule has 6 heteroatoms. The average molecular weight is 301 g/mol. The summed E-state index contributed by atoms with van der Waals surface area (Å²) < 4.78 is 6.46. The zero-order chi connectivity index (χ0) is 16.3. The first-order valence-corrected chi connectivity index (χ1v) is 6.95. The molecule has 2 rings (SSSR count). The van der Waals surface area contributed by atoms with Gasteiger partial charge >= 0.3 is 5.97 Å². The van der Waals surface area contributed by atoms with E-state index in [4.69, 9.17) is 0 Å². The molecule has 1 heterocycles. The van der Waals surface area contributed by atoms with E-state index in [2.05, 4.69) is 15.2 Å². The predicted molar refractivity (Wildman–Crippen MR) is 83.0 cm³/mol. The van der Waals surface area contributed by atoms with Gasteiger partial charge < -0.3 is 10.1 Å². The van der Waals surface area contributed by atoms with E-state index >= 15 is 0 Å². The minimum atomic E-state index is -0.487. The van der Waals surface area contributed by atoms with E-state index in [-0.39, 0.29) is 12.5 Å². The first kappa shape index (κ1) is 15.8. The van der Waals surface area contributed by atoms with Crippen molar-refractivity contribution in [1.82, 2.24) is 9.78 Å². The second kappa shape index (κ2) is 6.43. The van der Waals surface area contributed by atoms with Gasteiger partial charge in [0, 0.05) is 6.92 Å². The number of aromatic nitrogens is 2. The van der Waals surface area contributed by atoms with E-state index in [0.29, 0.717) is 11.4 Å². The smallest absolute Gasteiger partial charge is 0.303 e. The van der Waals surface area contributed by atoms with Crippen molar-refractivity contribution in [3.8, 4) is 5.69 Å². The Bertz CT molecular complexity index is 702. The highest BCUT2D eigenvalue weighted by molar-refractivity contribution is 5.93. The Morgan fingerprint density at radius 1 is 1.18 bits per heavy atom. The van der Waals surface area contributed by atoms with Crippen LogP contribution in [0.25, 0.3) is 5.69 Å². The first-order valence-electron chi connectivity index (χ1n) is 6.95. The zero-order valence-electron chi connectivity index (χ0n) is 13.1. The van der Waals surface area contributed by atoms with Gasteiger partial charge in [-0.1, -0.05) is 17.7 Å². The first-order chi connectivity index (χ1) is 10.4. The zero-order valence-corrected chi connectivity index (χ0v) is 13.1. The van der Waals surface area contributed by atoms with Crippen LogP contribution in [0.15, 0.2) is 24.3 Å². The number of hydrogen-bond donors (Lipinski definition) is 1. The van der Waals surface area contributed by atoms with Gasteiger partial charge in [-0.25, -0.2) is 4.68 Å². The van der Waals surface area contributed by atoms with E-state index in [1.54, 1.807) is 4.68 Å². The summed E-state index contributed by atoms with van der Waals surface area (Å²) in [6.45, 7) is 6.68. The van der Waals surface area contributed by atoms with Crippen LogP contribution in [0, 0.1) is 20.8 Å². The molecule has 0 radical (unpaired) electrons. The highest BCUT2D eigenvalue weighted by Gasteiger charge is 2.15. The summed E-state index contributed by atoms with van der Waals surface area (Å²) in [6, 6.07) is 7.95. The van der Waals surface area contributed by atoms with Crippen LogP contribution < -0.4 is 5.32 Å². The maximum atomic E-state index is 11.8. The summed E-state index contributed by atoms with van der Waals surface area (Å²) in [6.07, 6.45) is 0. The third-order valence-corrected chi connectivity index (χ3v) is 3.24. The molecular weight excluding hydrogens is 282 g/mol. The fraction of sp³-hybridized carbons (Fsp3) is 0.312. The molecule has 22 heavy (non-hydrogen) atoms. The quantitative estimate of drug-likeness (QED) is 0.879. The van der Waals surface area contributed by atoms with Crippen LogP contribution in [0.3, 0.4) is 0 Å². The lowest BCUT2D eigenvalue weighted by Gasteiger charge is -2.07. The van der Waals surface area contributed by atoms with Crippen LogP contribution in [-0.4, -0.2) is 28.3 Å². The Hall–Kier alpha value is -2.63. The molecule has 0 fully saturated rings. The number of nitrogens with zero attached hydrogens (tertiary/aromatic N) is 2.